The number of aromatic nitrogens is 3. The van der Waals surface area contributed by atoms with E-state index in [4.69, 9.17) is 13.9 Å². The van der Waals surface area contributed by atoms with Gasteiger partial charge in [-0.25, -0.2) is 14.5 Å². The maximum atomic E-state index is 12.7. The van der Waals surface area contributed by atoms with Crippen LogP contribution in [0.5, 0.6) is 11.5 Å². The van der Waals surface area contributed by atoms with Gasteiger partial charge in [0.15, 0.2) is 6.61 Å². The molecule has 0 saturated heterocycles. The number of carbonyl (C=O) groups excluding carboxylic acids is 1. The number of hydrogen-bond acceptors (Lipinski definition) is 7. The predicted octanol–water partition coefficient (Wildman–Crippen LogP) is 4.17. The van der Waals surface area contributed by atoms with Gasteiger partial charge < -0.3 is 19.2 Å². The van der Waals surface area contributed by atoms with Gasteiger partial charge in [0.05, 0.1) is 11.9 Å². The summed E-state index contributed by atoms with van der Waals surface area (Å²) in [4.78, 5) is 29.1. The normalized spacial score (nSPS) is 14.2. The van der Waals surface area contributed by atoms with Gasteiger partial charge in [0.1, 0.15) is 35.3 Å². The fourth-order valence-corrected chi connectivity index (χ4v) is 4.38. The van der Waals surface area contributed by atoms with Gasteiger partial charge in [-0.15, -0.1) is 0 Å². The van der Waals surface area contributed by atoms with Crippen molar-refractivity contribution in [1.82, 2.24) is 14.8 Å². The molecule has 5 rings (SSSR count). The molecule has 0 fully saturated rings. The number of ether oxygens (including phenoxy) is 2. The SMILES string of the molecule is Cc1c(C)c2c(OCC(=O)Nc3ccc(Cn4cncn4)cc3)cc3c(c2oc1=O)CCC(C)(C)O3. The Kier molecular flexibility index (Phi) is 5.99. The van der Waals surface area contributed by atoms with Crippen molar-refractivity contribution in [2.24, 2.45) is 0 Å². The van der Waals surface area contributed by atoms with Crippen LogP contribution in [0.1, 0.15) is 42.5 Å². The number of fused-ring (bicyclic) bond motifs is 3. The molecule has 0 saturated carbocycles. The van der Waals surface area contributed by atoms with Crippen molar-refractivity contribution in [2.45, 2.75) is 52.7 Å². The summed E-state index contributed by atoms with van der Waals surface area (Å²) in [7, 11) is 0. The quantitative estimate of drug-likeness (QED) is 0.406. The summed E-state index contributed by atoms with van der Waals surface area (Å²) in [6, 6.07) is 9.30. The topological polar surface area (TPSA) is 108 Å². The minimum absolute atomic E-state index is 0.213. The van der Waals surface area contributed by atoms with Gasteiger partial charge in [0, 0.05) is 22.9 Å². The number of amides is 1. The van der Waals surface area contributed by atoms with Crippen LogP contribution in [-0.2, 0) is 17.8 Å². The largest absolute Gasteiger partial charge is 0.487 e. The molecule has 1 N–H and O–H groups in total. The summed E-state index contributed by atoms with van der Waals surface area (Å²) in [5.74, 6) is 0.755. The van der Waals surface area contributed by atoms with Crippen molar-refractivity contribution in [3.63, 3.8) is 0 Å². The Labute approximate surface area is 208 Å². The lowest BCUT2D eigenvalue weighted by Gasteiger charge is -2.33. The van der Waals surface area contributed by atoms with Crippen LogP contribution in [0.4, 0.5) is 5.69 Å². The van der Waals surface area contributed by atoms with Crippen LogP contribution in [0.25, 0.3) is 11.0 Å². The Morgan fingerprint density at radius 3 is 2.69 bits per heavy atom. The number of benzene rings is 2. The lowest BCUT2D eigenvalue weighted by Crippen LogP contribution is -2.32. The van der Waals surface area contributed by atoms with Gasteiger partial charge >= 0.3 is 5.63 Å². The van der Waals surface area contributed by atoms with Crippen LogP contribution < -0.4 is 20.4 Å². The van der Waals surface area contributed by atoms with Crippen molar-refractivity contribution in [2.75, 3.05) is 11.9 Å². The van der Waals surface area contributed by atoms with Gasteiger partial charge in [0.25, 0.3) is 5.91 Å². The lowest BCUT2D eigenvalue weighted by atomic mass is 9.92. The maximum Gasteiger partial charge on any atom is 0.339 e. The Bertz CT molecular complexity index is 1490. The second-order valence-electron chi connectivity index (χ2n) is 9.68. The molecule has 0 unspecified atom stereocenters. The van der Waals surface area contributed by atoms with Crippen LogP contribution in [0.2, 0.25) is 0 Å². The molecule has 2 aromatic heterocycles. The highest BCUT2D eigenvalue weighted by atomic mass is 16.5. The molecule has 1 aliphatic rings. The van der Waals surface area contributed by atoms with E-state index in [1.165, 1.54) is 6.33 Å². The molecular formula is C27H28N4O5. The van der Waals surface area contributed by atoms with E-state index in [2.05, 4.69) is 15.4 Å². The van der Waals surface area contributed by atoms with Crippen LogP contribution in [0, 0.1) is 13.8 Å². The van der Waals surface area contributed by atoms with E-state index in [0.717, 1.165) is 29.5 Å². The van der Waals surface area contributed by atoms with Gasteiger partial charge in [-0.2, -0.15) is 5.10 Å². The van der Waals surface area contributed by atoms with Crippen LogP contribution in [-0.4, -0.2) is 32.9 Å². The lowest BCUT2D eigenvalue weighted by molar-refractivity contribution is -0.118. The summed E-state index contributed by atoms with van der Waals surface area (Å²) in [6.45, 7) is 8.00. The zero-order chi connectivity index (χ0) is 25.4. The van der Waals surface area contributed by atoms with E-state index in [1.807, 2.05) is 45.0 Å². The molecule has 0 aliphatic carbocycles. The van der Waals surface area contributed by atoms with Crippen LogP contribution in [0.3, 0.4) is 0 Å². The first-order valence-corrected chi connectivity index (χ1v) is 11.8. The monoisotopic (exact) mass is 488 g/mol. The molecule has 36 heavy (non-hydrogen) atoms. The Hall–Kier alpha value is -4.14. The van der Waals surface area contributed by atoms with E-state index in [0.29, 0.717) is 40.3 Å². The number of carbonyl (C=O) groups is 1. The van der Waals surface area contributed by atoms with Crippen molar-refractivity contribution >= 4 is 22.6 Å². The molecule has 9 heteroatoms. The first kappa shape index (κ1) is 23.6. The Morgan fingerprint density at radius 2 is 1.97 bits per heavy atom. The number of anilines is 1. The number of aryl methyl sites for hydroxylation is 2. The highest BCUT2D eigenvalue weighted by Crippen LogP contribution is 2.43. The first-order chi connectivity index (χ1) is 17.2. The molecule has 0 spiro atoms. The van der Waals surface area contributed by atoms with E-state index >= 15 is 0 Å². The van der Waals surface area contributed by atoms with Crippen molar-refractivity contribution in [1.29, 1.82) is 0 Å². The van der Waals surface area contributed by atoms with E-state index < -0.39 is 0 Å². The highest BCUT2D eigenvalue weighted by Gasteiger charge is 2.31. The third-order valence-corrected chi connectivity index (χ3v) is 6.52. The average molecular weight is 489 g/mol. The van der Waals surface area contributed by atoms with Crippen molar-refractivity contribution < 1.29 is 18.7 Å². The predicted molar refractivity (Wildman–Crippen MR) is 135 cm³/mol. The summed E-state index contributed by atoms with van der Waals surface area (Å²) in [5, 5.41) is 7.64. The molecule has 9 nitrogen and oxygen atoms in total. The smallest absolute Gasteiger partial charge is 0.339 e. The molecule has 186 valence electrons. The first-order valence-electron chi connectivity index (χ1n) is 11.8. The molecule has 0 bridgehead atoms. The Morgan fingerprint density at radius 1 is 1.19 bits per heavy atom. The van der Waals surface area contributed by atoms with Gasteiger partial charge in [-0.3, -0.25) is 4.79 Å². The maximum absolute atomic E-state index is 12.7. The van der Waals surface area contributed by atoms with Crippen molar-refractivity contribution in [3.8, 4) is 11.5 Å². The molecular weight excluding hydrogens is 460 g/mol. The molecule has 0 atom stereocenters. The van der Waals surface area contributed by atoms with Gasteiger partial charge in [-0.05, 0) is 63.8 Å². The second-order valence-corrected chi connectivity index (χ2v) is 9.68. The third-order valence-electron chi connectivity index (χ3n) is 6.52. The van der Waals surface area contributed by atoms with E-state index in [1.54, 1.807) is 24.0 Å². The summed E-state index contributed by atoms with van der Waals surface area (Å²) < 4.78 is 19.6. The number of rotatable bonds is 6. The molecule has 4 aromatic rings. The fraction of sp³-hybridized carbons (Fsp3) is 0.333. The van der Waals surface area contributed by atoms with Crippen LogP contribution >= 0.6 is 0 Å². The second kappa shape index (κ2) is 9.14. The average Bonchev–Trinajstić information content (AvgIpc) is 3.34. The highest BCUT2D eigenvalue weighted by molar-refractivity contribution is 5.94. The van der Waals surface area contributed by atoms with E-state index in [9.17, 15) is 9.59 Å². The van der Waals surface area contributed by atoms with Crippen molar-refractivity contribution in [3.05, 3.63) is 75.7 Å². The molecule has 3 heterocycles. The summed E-state index contributed by atoms with van der Waals surface area (Å²) in [6.07, 6.45) is 4.66. The molecule has 1 amide bonds. The summed E-state index contributed by atoms with van der Waals surface area (Å²) >= 11 is 0. The third kappa shape index (κ3) is 4.68. The zero-order valence-electron chi connectivity index (χ0n) is 20.8. The van der Waals surface area contributed by atoms with Gasteiger partial charge in [0.2, 0.25) is 0 Å². The van der Waals surface area contributed by atoms with Gasteiger partial charge in [-0.1, -0.05) is 12.1 Å². The number of hydrogen-bond donors (Lipinski definition) is 1. The molecule has 0 radical (unpaired) electrons. The minimum Gasteiger partial charge on any atom is -0.487 e. The standard InChI is InChI=1S/C27H28N4O5/c1-16-17(2)26(33)35-25-20-9-10-27(3,4)36-21(20)11-22(24(16)25)34-13-23(32)30-19-7-5-18(6-8-19)12-31-15-28-14-29-31/h5-8,11,14-15H,9-10,12-13H2,1-4H3,(H,30,32). The zero-order valence-corrected chi connectivity index (χ0v) is 20.8. The number of nitrogens with one attached hydrogen (secondary N) is 1. The minimum atomic E-state index is -0.380. The molecule has 2 aromatic carbocycles. The fourth-order valence-electron chi connectivity index (χ4n) is 4.38. The van der Waals surface area contributed by atoms with E-state index in [-0.39, 0.29) is 23.7 Å². The summed E-state index contributed by atoms with van der Waals surface area (Å²) in [5.41, 5.74) is 3.56. The van der Waals surface area contributed by atoms with Crippen LogP contribution in [0.15, 0.2) is 52.2 Å². The Balaban J connectivity index is 1.36. The number of nitrogens with zero attached hydrogens (tertiary/aromatic N) is 3. The molecule has 1 aliphatic heterocycles.